The normalized spacial score (nSPS) is 17.6. The fourth-order valence-corrected chi connectivity index (χ4v) is 3.81. The van der Waals surface area contributed by atoms with Gasteiger partial charge in [-0.3, -0.25) is 0 Å². The van der Waals surface area contributed by atoms with Crippen molar-refractivity contribution >= 4 is 23.5 Å². The Morgan fingerprint density at radius 1 is 1.16 bits per heavy atom. The highest BCUT2D eigenvalue weighted by molar-refractivity contribution is 7.99. The maximum atomic E-state index is 13.2. The van der Waals surface area contributed by atoms with Crippen LogP contribution in [-0.4, -0.2) is 23.2 Å². The highest BCUT2D eigenvalue weighted by atomic mass is 32.2. The number of urea groups is 1. The van der Waals surface area contributed by atoms with Gasteiger partial charge in [0.2, 0.25) is 0 Å². The average Bonchev–Trinajstić information content (AvgIpc) is 3.04. The lowest BCUT2D eigenvalue weighted by molar-refractivity contribution is -0.137. The molecule has 1 aliphatic heterocycles. The minimum Gasteiger partial charge on any atom is -0.308 e. The van der Waals surface area contributed by atoms with Gasteiger partial charge in [-0.2, -0.15) is 13.2 Å². The molecule has 1 N–H and O–H groups in total. The second-order valence-corrected chi connectivity index (χ2v) is 6.66. The van der Waals surface area contributed by atoms with Gasteiger partial charge in [0.1, 0.15) is 11.2 Å². The second-order valence-electron chi connectivity index (χ2n) is 5.48. The molecule has 1 aliphatic rings. The van der Waals surface area contributed by atoms with E-state index >= 15 is 0 Å². The molecule has 0 unspecified atom stereocenters. The third-order valence-electron chi connectivity index (χ3n) is 3.75. The number of alkyl halides is 3. The summed E-state index contributed by atoms with van der Waals surface area (Å²) in [6.07, 6.45) is -4.39. The molecule has 1 saturated heterocycles. The summed E-state index contributed by atoms with van der Waals surface area (Å²) < 4.78 is 51.2. The van der Waals surface area contributed by atoms with E-state index in [4.69, 9.17) is 0 Å². The summed E-state index contributed by atoms with van der Waals surface area (Å²) in [7, 11) is 0. The lowest BCUT2D eigenvalue weighted by Crippen LogP contribution is -2.34. The van der Waals surface area contributed by atoms with Crippen molar-refractivity contribution in [2.45, 2.75) is 11.6 Å². The van der Waals surface area contributed by atoms with Crippen molar-refractivity contribution in [3.8, 4) is 0 Å². The van der Waals surface area contributed by atoms with E-state index in [1.165, 1.54) is 47.0 Å². The Balaban J connectivity index is 1.74. The number of thioether (sulfide) groups is 1. The van der Waals surface area contributed by atoms with Crippen LogP contribution in [0.4, 0.5) is 28.0 Å². The lowest BCUT2D eigenvalue weighted by atomic mass is 10.1. The van der Waals surface area contributed by atoms with Crippen LogP contribution < -0.4 is 5.32 Å². The number of anilines is 1. The van der Waals surface area contributed by atoms with E-state index in [0.717, 1.165) is 12.1 Å². The molecule has 1 fully saturated rings. The number of nitrogens with zero attached hydrogens (tertiary/aromatic N) is 1. The molecule has 3 rings (SSSR count). The summed E-state index contributed by atoms with van der Waals surface area (Å²) in [5.74, 6) is 0.204. The largest absolute Gasteiger partial charge is 0.416 e. The van der Waals surface area contributed by atoms with Crippen LogP contribution in [0.5, 0.6) is 0 Å². The lowest BCUT2D eigenvalue weighted by Gasteiger charge is -2.24. The van der Waals surface area contributed by atoms with Crippen LogP contribution in [0.3, 0.4) is 0 Å². The number of amides is 2. The molecule has 132 valence electrons. The molecule has 0 bridgehead atoms. The summed E-state index contributed by atoms with van der Waals surface area (Å²) in [6.45, 7) is 0.456. The van der Waals surface area contributed by atoms with E-state index in [1.807, 2.05) is 0 Å². The van der Waals surface area contributed by atoms with Crippen molar-refractivity contribution in [2.24, 2.45) is 0 Å². The first-order valence-electron chi connectivity index (χ1n) is 7.46. The number of carbonyl (C=O) groups excluding carboxylic acids is 1. The number of hydrogen-bond acceptors (Lipinski definition) is 2. The third-order valence-corrected chi connectivity index (χ3v) is 5.01. The molecule has 1 atom stereocenters. The van der Waals surface area contributed by atoms with Gasteiger partial charge in [0.25, 0.3) is 0 Å². The van der Waals surface area contributed by atoms with Gasteiger partial charge < -0.3 is 10.2 Å². The van der Waals surface area contributed by atoms with E-state index < -0.39 is 23.6 Å². The summed E-state index contributed by atoms with van der Waals surface area (Å²) in [4.78, 5) is 14.0. The van der Waals surface area contributed by atoms with Gasteiger partial charge in [0.15, 0.2) is 0 Å². The Morgan fingerprint density at radius 2 is 1.88 bits per heavy atom. The molecule has 2 amide bonds. The van der Waals surface area contributed by atoms with Gasteiger partial charge in [-0.05, 0) is 35.9 Å². The van der Waals surface area contributed by atoms with E-state index in [2.05, 4.69) is 5.32 Å². The standard InChI is InChI=1S/C17H14F4N2OS/c18-13-2-1-3-14(10-13)22-16(24)23-8-9-25-15(23)11-4-6-12(7-5-11)17(19,20)21/h1-7,10,15H,8-9H2,(H,22,24)/t15-/m0/s1. The van der Waals surface area contributed by atoms with E-state index in [-0.39, 0.29) is 5.37 Å². The van der Waals surface area contributed by atoms with Crippen LogP contribution in [0.1, 0.15) is 16.5 Å². The summed E-state index contributed by atoms with van der Waals surface area (Å²) in [6, 6.07) is 9.89. The fourth-order valence-electron chi connectivity index (χ4n) is 2.55. The van der Waals surface area contributed by atoms with Crippen LogP contribution in [0.25, 0.3) is 0 Å². The van der Waals surface area contributed by atoms with Crippen LogP contribution >= 0.6 is 11.8 Å². The molecular weight excluding hydrogens is 356 g/mol. The number of nitrogens with one attached hydrogen (secondary N) is 1. The number of hydrogen-bond donors (Lipinski definition) is 1. The van der Waals surface area contributed by atoms with Crippen molar-refractivity contribution in [3.63, 3.8) is 0 Å². The molecular formula is C17H14F4N2OS. The zero-order valence-electron chi connectivity index (χ0n) is 12.9. The van der Waals surface area contributed by atoms with Gasteiger partial charge in [0, 0.05) is 18.0 Å². The quantitative estimate of drug-likeness (QED) is 0.744. The third kappa shape index (κ3) is 4.07. The first kappa shape index (κ1) is 17.6. The Kier molecular flexibility index (Phi) is 4.89. The highest BCUT2D eigenvalue weighted by Crippen LogP contribution is 2.39. The summed E-state index contributed by atoms with van der Waals surface area (Å²) >= 11 is 1.47. The Hall–Kier alpha value is -2.22. The molecule has 0 saturated carbocycles. The zero-order chi connectivity index (χ0) is 18.0. The molecule has 8 heteroatoms. The monoisotopic (exact) mass is 370 g/mol. The SMILES string of the molecule is O=C(Nc1cccc(F)c1)N1CCS[C@H]1c1ccc(C(F)(F)F)cc1. The van der Waals surface area contributed by atoms with Crippen molar-refractivity contribution in [1.29, 1.82) is 0 Å². The van der Waals surface area contributed by atoms with Crippen molar-refractivity contribution < 1.29 is 22.4 Å². The van der Waals surface area contributed by atoms with Crippen molar-refractivity contribution in [2.75, 3.05) is 17.6 Å². The smallest absolute Gasteiger partial charge is 0.308 e. The van der Waals surface area contributed by atoms with Gasteiger partial charge in [0.05, 0.1) is 5.56 Å². The Bertz CT molecular complexity index is 764. The molecule has 25 heavy (non-hydrogen) atoms. The number of rotatable bonds is 2. The number of halogens is 4. The Morgan fingerprint density at radius 3 is 2.52 bits per heavy atom. The van der Waals surface area contributed by atoms with Crippen LogP contribution in [0.15, 0.2) is 48.5 Å². The van der Waals surface area contributed by atoms with Crippen LogP contribution in [-0.2, 0) is 6.18 Å². The van der Waals surface area contributed by atoms with Gasteiger partial charge in [-0.15, -0.1) is 11.8 Å². The molecule has 0 aliphatic carbocycles. The molecule has 0 aromatic heterocycles. The predicted octanol–water partition coefficient (Wildman–Crippen LogP) is 5.12. The zero-order valence-corrected chi connectivity index (χ0v) is 13.7. The first-order chi connectivity index (χ1) is 11.8. The summed E-state index contributed by atoms with van der Waals surface area (Å²) in [5, 5.41) is 2.23. The molecule has 1 heterocycles. The maximum absolute atomic E-state index is 13.2. The topological polar surface area (TPSA) is 32.3 Å². The average molecular weight is 370 g/mol. The van der Waals surface area contributed by atoms with Crippen LogP contribution in [0, 0.1) is 5.82 Å². The van der Waals surface area contributed by atoms with Gasteiger partial charge in [-0.1, -0.05) is 18.2 Å². The van der Waals surface area contributed by atoms with Crippen LogP contribution in [0.2, 0.25) is 0 Å². The fraction of sp³-hybridized carbons (Fsp3) is 0.235. The summed E-state index contributed by atoms with van der Waals surface area (Å²) in [5.41, 5.74) is 0.216. The maximum Gasteiger partial charge on any atom is 0.416 e. The van der Waals surface area contributed by atoms with Gasteiger partial charge in [-0.25, -0.2) is 9.18 Å². The molecule has 2 aromatic carbocycles. The van der Waals surface area contributed by atoms with E-state index in [0.29, 0.717) is 23.5 Å². The molecule has 3 nitrogen and oxygen atoms in total. The first-order valence-corrected chi connectivity index (χ1v) is 8.51. The highest BCUT2D eigenvalue weighted by Gasteiger charge is 2.33. The van der Waals surface area contributed by atoms with Crippen molar-refractivity contribution in [3.05, 3.63) is 65.5 Å². The molecule has 0 radical (unpaired) electrons. The van der Waals surface area contributed by atoms with Crippen molar-refractivity contribution in [1.82, 2.24) is 4.90 Å². The second kappa shape index (κ2) is 6.95. The number of carbonyl (C=O) groups is 1. The minimum absolute atomic E-state index is 0.327. The predicted molar refractivity (Wildman–Crippen MR) is 88.8 cm³/mol. The van der Waals surface area contributed by atoms with E-state index in [1.54, 1.807) is 6.07 Å². The molecule has 2 aromatic rings. The van der Waals surface area contributed by atoms with Gasteiger partial charge >= 0.3 is 12.2 Å². The minimum atomic E-state index is -4.39. The molecule has 0 spiro atoms. The van der Waals surface area contributed by atoms with E-state index in [9.17, 15) is 22.4 Å². The Labute approximate surface area is 146 Å². The number of benzene rings is 2.